The molecule has 0 unspecified atom stereocenters. The van der Waals surface area contributed by atoms with E-state index in [1.54, 1.807) is 0 Å². The Bertz CT molecular complexity index is 443. The first-order valence-electron chi connectivity index (χ1n) is 4.69. The first kappa shape index (κ1) is 15.8. The number of benzene rings is 1. The van der Waals surface area contributed by atoms with Gasteiger partial charge in [0.05, 0.1) is 0 Å². The Morgan fingerprint density at radius 3 is 1.26 bits per heavy atom. The molecule has 0 N–H and O–H groups in total. The molecule has 0 heterocycles. The molecule has 0 atom stereocenters. The highest BCUT2D eigenvalue weighted by molar-refractivity contribution is 6.54. The Hall–Kier alpha value is -1.23. The van der Waals surface area contributed by atoms with E-state index in [-0.39, 0.29) is 0 Å². The number of halogens is 5. The van der Waals surface area contributed by atoms with Gasteiger partial charge in [0.2, 0.25) is 29.1 Å². The second-order valence-corrected chi connectivity index (χ2v) is 5.54. The van der Waals surface area contributed by atoms with Crippen molar-refractivity contribution in [2.24, 2.45) is 0 Å². The highest BCUT2D eigenvalue weighted by Crippen LogP contribution is 2.31. The van der Waals surface area contributed by atoms with Gasteiger partial charge in [0.25, 0.3) is 0 Å². The number of hydrogen-bond donors (Lipinski definition) is 0. The van der Waals surface area contributed by atoms with Crippen molar-refractivity contribution in [3.05, 3.63) is 29.1 Å². The lowest BCUT2D eigenvalue weighted by atomic mass is 10.3. The van der Waals surface area contributed by atoms with E-state index in [1.165, 1.54) is 0 Å². The van der Waals surface area contributed by atoms with E-state index in [1.807, 2.05) is 0 Å². The minimum atomic E-state index is -4.02. The van der Waals surface area contributed by atoms with Crippen molar-refractivity contribution in [2.75, 3.05) is 21.3 Å². The van der Waals surface area contributed by atoms with Gasteiger partial charge in [-0.15, -0.1) is 0 Å². The molecule has 19 heavy (non-hydrogen) atoms. The van der Waals surface area contributed by atoms with Crippen molar-refractivity contribution in [1.82, 2.24) is 0 Å². The third-order valence-corrected chi connectivity index (χ3v) is 4.10. The summed E-state index contributed by atoms with van der Waals surface area (Å²) in [6, 6.07) is 0. The lowest BCUT2D eigenvalue weighted by Crippen LogP contribution is -2.50. The van der Waals surface area contributed by atoms with E-state index < -0.39 is 43.9 Å². The number of hydrogen-bond acceptors (Lipinski definition) is 4. The Balaban J connectivity index is 3.36. The van der Waals surface area contributed by atoms with Gasteiger partial charge in [-0.05, 0) is 0 Å². The standard InChI is InChI=1S/C9H9F5O4Si/c1-15-19(16-2,17-3)18-9-7(13)5(11)4(10)6(12)8(9)14/h1-3H3. The predicted octanol–water partition coefficient (Wildman–Crippen LogP) is 2.14. The highest BCUT2D eigenvalue weighted by Gasteiger charge is 2.47. The molecule has 0 amide bonds. The zero-order valence-electron chi connectivity index (χ0n) is 10.0. The zero-order chi connectivity index (χ0) is 14.8. The van der Waals surface area contributed by atoms with Gasteiger partial charge in [-0.3, -0.25) is 0 Å². The van der Waals surface area contributed by atoms with Crippen molar-refractivity contribution in [3.8, 4) is 5.75 Å². The Labute approximate surface area is 106 Å². The normalized spacial score (nSPS) is 11.8. The van der Waals surface area contributed by atoms with Gasteiger partial charge in [-0.25, -0.2) is 13.2 Å². The van der Waals surface area contributed by atoms with Crippen LogP contribution in [0.3, 0.4) is 0 Å². The molecule has 0 aliphatic heterocycles. The highest BCUT2D eigenvalue weighted by atomic mass is 28.4. The molecule has 0 fully saturated rings. The summed E-state index contributed by atoms with van der Waals surface area (Å²) in [7, 11) is -0.921. The van der Waals surface area contributed by atoms with Gasteiger partial charge in [0, 0.05) is 21.3 Å². The van der Waals surface area contributed by atoms with Crippen molar-refractivity contribution in [1.29, 1.82) is 0 Å². The molecule has 1 aromatic carbocycles. The fourth-order valence-electron chi connectivity index (χ4n) is 1.17. The quantitative estimate of drug-likeness (QED) is 0.361. The Morgan fingerprint density at radius 2 is 0.947 bits per heavy atom. The number of rotatable bonds is 5. The molecule has 4 nitrogen and oxygen atoms in total. The lowest BCUT2D eigenvalue weighted by molar-refractivity contribution is 0.0472. The molecule has 0 aliphatic carbocycles. The van der Waals surface area contributed by atoms with Crippen LogP contribution in [0.15, 0.2) is 0 Å². The smallest absolute Gasteiger partial charge is 0.474 e. The first-order valence-corrected chi connectivity index (χ1v) is 6.32. The van der Waals surface area contributed by atoms with Crippen molar-refractivity contribution >= 4 is 9.05 Å². The molecular weight excluding hydrogens is 295 g/mol. The summed E-state index contributed by atoms with van der Waals surface area (Å²) < 4.78 is 84.0. The van der Waals surface area contributed by atoms with Crippen LogP contribution < -0.4 is 4.43 Å². The fraction of sp³-hybridized carbons (Fsp3) is 0.333. The van der Waals surface area contributed by atoms with Crippen LogP contribution in [0.5, 0.6) is 5.75 Å². The van der Waals surface area contributed by atoms with Gasteiger partial charge in [0.15, 0.2) is 5.75 Å². The van der Waals surface area contributed by atoms with E-state index in [0.29, 0.717) is 0 Å². The van der Waals surface area contributed by atoms with E-state index >= 15 is 0 Å². The lowest BCUT2D eigenvalue weighted by Gasteiger charge is -2.24. The van der Waals surface area contributed by atoms with Crippen LogP contribution in [0.25, 0.3) is 0 Å². The molecule has 1 rings (SSSR count). The minimum Gasteiger partial charge on any atom is -0.474 e. The molecule has 0 aromatic heterocycles. The predicted molar refractivity (Wildman–Crippen MR) is 53.6 cm³/mol. The monoisotopic (exact) mass is 304 g/mol. The minimum absolute atomic E-state index is 1.03. The van der Waals surface area contributed by atoms with Crippen molar-refractivity contribution < 1.29 is 39.7 Å². The maximum absolute atomic E-state index is 13.4. The molecule has 1 aromatic rings. The summed E-state index contributed by atoms with van der Waals surface area (Å²) in [6.45, 7) is 0. The maximum atomic E-state index is 13.4. The van der Waals surface area contributed by atoms with Crippen LogP contribution in [-0.4, -0.2) is 30.4 Å². The average molecular weight is 304 g/mol. The van der Waals surface area contributed by atoms with Crippen LogP contribution in [-0.2, 0) is 13.3 Å². The molecule has 0 radical (unpaired) electrons. The van der Waals surface area contributed by atoms with Crippen LogP contribution in [0, 0.1) is 29.1 Å². The van der Waals surface area contributed by atoms with Gasteiger partial charge < -0.3 is 17.7 Å². The molecule has 0 saturated carbocycles. The molecular formula is C9H9F5O4Si. The van der Waals surface area contributed by atoms with Crippen LogP contribution in [0.2, 0.25) is 0 Å². The topological polar surface area (TPSA) is 36.9 Å². The summed E-state index contributed by atoms with van der Waals surface area (Å²) >= 11 is 0. The molecule has 0 bridgehead atoms. The molecule has 0 spiro atoms. The SMILES string of the molecule is CO[Si](OC)(OC)Oc1c(F)c(F)c(F)c(F)c1F. The van der Waals surface area contributed by atoms with Crippen molar-refractivity contribution in [2.45, 2.75) is 0 Å². The second kappa shape index (κ2) is 5.82. The Morgan fingerprint density at radius 1 is 0.632 bits per heavy atom. The molecule has 108 valence electrons. The third kappa shape index (κ3) is 2.70. The molecule has 0 aliphatic rings. The van der Waals surface area contributed by atoms with Gasteiger partial charge >= 0.3 is 9.05 Å². The van der Waals surface area contributed by atoms with E-state index in [9.17, 15) is 22.0 Å². The zero-order valence-corrected chi connectivity index (χ0v) is 11.0. The maximum Gasteiger partial charge on any atom is 0.749 e. The summed E-state index contributed by atoms with van der Waals surface area (Å²) in [5.41, 5.74) is 0. The largest absolute Gasteiger partial charge is 0.749 e. The van der Waals surface area contributed by atoms with E-state index in [2.05, 4.69) is 17.7 Å². The van der Waals surface area contributed by atoms with E-state index in [0.717, 1.165) is 21.3 Å². The summed E-state index contributed by atoms with van der Waals surface area (Å²) in [6.07, 6.45) is 0. The fourth-order valence-corrected chi connectivity index (χ4v) is 2.35. The third-order valence-electron chi connectivity index (χ3n) is 2.15. The summed E-state index contributed by atoms with van der Waals surface area (Å²) in [5.74, 6) is -12.4. The van der Waals surface area contributed by atoms with Gasteiger partial charge in [-0.2, -0.15) is 8.78 Å². The van der Waals surface area contributed by atoms with E-state index in [4.69, 9.17) is 0 Å². The Kier molecular flexibility index (Phi) is 4.84. The molecule has 0 saturated heterocycles. The van der Waals surface area contributed by atoms with Gasteiger partial charge in [-0.1, -0.05) is 0 Å². The average Bonchev–Trinajstić information content (AvgIpc) is 2.44. The van der Waals surface area contributed by atoms with Crippen LogP contribution >= 0.6 is 0 Å². The summed E-state index contributed by atoms with van der Waals surface area (Å²) in [5, 5.41) is 0. The second-order valence-electron chi connectivity index (χ2n) is 3.11. The van der Waals surface area contributed by atoms with Crippen LogP contribution in [0.4, 0.5) is 22.0 Å². The van der Waals surface area contributed by atoms with Gasteiger partial charge in [0.1, 0.15) is 0 Å². The molecule has 10 heteroatoms. The van der Waals surface area contributed by atoms with Crippen molar-refractivity contribution in [3.63, 3.8) is 0 Å². The van der Waals surface area contributed by atoms with Crippen LogP contribution in [0.1, 0.15) is 0 Å². The first-order chi connectivity index (χ1) is 8.83. The summed E-state index contributed by atoms with van der Waals surface area (Å²) in [4.78, 5) is 0.